The molecule has 2 aromatic heterocycles. The molecule has 36 heavy (non-hydrogen) atoms. The molecule has 0 saturated carbocycles. The van der Waals surface area contributed by atoms with Gasteiger partial charge in [-0.2, -0.15) is 5.10 Å². The smallest absolute Gasteiger partial charge is 0.289 e. The summed E-state index contributed by atoms with van der Waals surface area (Å²) < 4.78 is 18.4. The number of carbonyl (C=O) groups excluding carboxylic acids is 2. The maximum atomic E-state index is 13.0. The molecular formula is C27H32N4O5. The highest BCUT2D eigenvalue weighted by atomic mass is 16.5. The lowest BCUT2D eigenvalue weighted by Crippen LogP contribution is -2.29. The normalized spacial score (nSPS) is 14.4. The van der Waals surface area contributed by atoms with E-state index in [4.69, 9.17) is 19.0 Å². The molecule has 1 aliphatic carbocycles. The van der Waals surface area contributed by atoms with Gasteiger partial charge in [-0.15, -0.1) is 0 Å². The zero-order valence-electron chi connectivity index (χ0n) is 21.1. The summed E-state index contributed by atoms with van der Waals surface area (Å²) in [6, 6.07) is 5.62. The van der Waals surface area contributed by atoms with E-state index in [0.717, 1.165) is 84.0 Å². The minimum Gasteiger partial charge on any atom is -0.497 e. The molecule has 2 amide bonds. The van der Waals surface area contributed by atoms with Gasteiger partial charge in [-0.05, 0) is 61.9 Å². The summed E-state index contributed by atoms with van der Waals surface area (Å²) in [6.07, 6.45) is 6.11. The Kier molecular flexibility index (Phi) is 6.71. The molecule has 1 N–H and O–H groups in total. The summed E-state index contributed by atoms with van der Waals surface area (Å²) in [5.41, 5.74) is 4.59. The molecule has 1 fully saturated rings. The van der Waals surface area contributed by atoms with Crippen molar-refractivity contribution in [2.24, 2.45) is 0 Å². The number of benzene rings is 1. The van der Waals surface area contributed by atoms with Gasteiger partial charge in [0.1, 0.15) is 23.8 Å². The molecule has 9 nitrogen and oxygen atoms in total. The van der Waals surface area contributed by atoms with Gasteiger partial charge in [-0.1, -0.05) is 0 Å². The lowest BCUT2D eigenvalue weighted by Gasteiger charge is -2.13. The number of likely N-dealkylation sites (tertiary alicyclic amines) is 1. The first-order valence-electron chi connectivity index (χ1n) is 12.4. The van der Waals surface area contributed by atoms with E-state index in [0.29, 0.717) is 18.7 Å². The number of fused-ring (bicyclic) bond motifs is 3. The average Bonchev–Trinajstić information content (AvgIpc) is 3.62. The minimum atomic E-state index is -0.120. The third-order valence-corrected chi connectivity index (χ3v) is 7.01. The molecular weight excluding hydrogens is 460 g/mol. The van der Waals surface area contributed by atoms with Crippen molar-refractivity contribution in [1.29, 1.82) is 0 Å². The molecule has 3 aromatic rings. The molecule has 0 atom stereocenters. The van der Waals surface area contributed by atoms with Gasteiger partial charge in [0.25, 0.3) is 5.91 Å². The standard InChI is InChI=1S/C27H32N4O5/c1-17-24-22(36-26(17)27(33)30-12-4-5-13-30)8-6-19-15-31(29-25(19)24)16-23(32)28-11-10-18-14-20(34-2)7-9-21(18)35-3/h7,9,14-15H,4-6,8,10-13,16H2,1-3H3,(H,28,32). The molecule has 5 rings (SSSR count). The summed E-state index contributed by atoms with van der Waals surface area (Å²) in [4.78, 5) is 27.5. The number of hydrogen-bond donors (Lipinski definition) is 1. The van der Waals surface area contributed by atoms with Crippen LogP contribution in [0.3, 0.4) is 0 Å². The number of nitrogens with one attached hydrogen (secondary N) is 1. The Morgan fingerprint density at radius 3 is 2.69 bits per heavy atom. The van der Waals surface area contributed by atoms with Gasteiger partial charge in [0.2, 0.25) is 5.91 Å². The van der Waals surface area contributed by atoms with Crippen LogP contribution in [0.4, 0.5) is 0 Å². The fourth-order valence-corrected chi connectivity index (χ4v) is 5.13. The van der Waals surface area contributed by atoms with Crippen molar-refractivity contribution in [3.8, 4) is 22.8 Å². The van der Waals surface area contributed by atoms with Crippen LogP contribution >= 0.6 is 0 Å². The number of ether oxygens (including phenoxy) is 2. The van der Waals surface area contributed by atoms with Gasteiger partial charge >= 0.3 is 0 Å². The molecule has 0 radical (unpaired) electrons. The van der Waals surface area contributed by atoms with Crippen molar-refractivity contribution in [2.75, 3.05) is 33.9 Å². The number of furan rings is 1. The number of nitrogens with zero attached hydrogens (tertiary/aromatic N) is 3. The van der Waals surface area contributed by atoms with Crippen molar-refractivity contribution in [3.05, 3.63) is 52.6 Å². The maximum absolute atomic E-state index is 13.0. The highest BCUT2D eigenvalue weighted by molar-refractivity contribution is 5.95. The Morgan fingerprint density at radius 1 is 1.14 bits per heavy atom. The van der Waals surface area contributed by atoms with Gasteiger partial charge in [0, 0.05) is 43.4 Å². The van der Waals surface area contributed by atoms with Gasteiger partial charge in [0.05, 0.1) is 19.9 Å². The monoisotopic (exact) mass is 492 g/mol. The third kappa shape index (κ3) is 4.57. The molecule has 0 unspecified atom stereocenters. The zero-order chi connectivity index (χ0) is 25.2. The molecule has 0 spiro atoms. The molecule has 3 heterocycles. The van der Waals surface area contributed by atoms with Crippen molar-refractivity contribution in [3.63, 3.8) is 0 Å². The fourth-order valence-electron chi connectivity index (χ4n) is 5.13. The van der Waals surface area contributed by atoms with Gasteiger partial charge < -0.3 is 24.1 Å². The number of aryl methyl sites for hydroxylation is 2. The maximum Gasteiger partial charge on any atom is 0.289 e. The van der Waals surface area contributed by atoms with Crippen LogP contribution in [0, 0.1) is 6.92 Å². The molecule has 1 aliphatic heterocycles. The van der Waals surface area contributed by atoms with E-state index in [9.17, 15) is 9.59 Å². The van der Waals surface area contributed by atoms with E-state index < -0.39 is 0 Å². The van der Waals surface area contributed by atoms with Gasteiger partial charge in [-0.25, -0.2) is 0 Å². The minimum absolute atomic E-state index is 0.0348. The van der Waals surface area contributed by atoms with Crippen LogP contribution in [-0.4, -0.2) is 60.3 Å². The number of methoxy groups -OCH3 is 2. The second-order valence-corrected chi connectivity index (χ2v) is 9.33. The van der Waals surface area contributed by atoms with E-state index in [2.05, 4.69) is 5.32 Å². The van der Waals surface area contributed by atoms with Crippen LogP contribution in [0.2, 0.25) is 0 Å². The number of amides is 2. The number of carbonyl (C=O) groups is 2. The molecule has 1 saturated heterocycles. The van der Waals surface area contributed by atoms with Crippen LogP contribution in [0.25, 0.3) is 11.3 Å². The summed E-state index contributed by atoms with van der Waals surface area (Å²) in [6.45, 7) is 4.08. The first-order valence-corrected chi connectivity index (χ1v) is 12.4. The van der Waals surface area contributed by atoms with E-state index in [-0.39, 0.29) is 18.4 Å². The topological polar surface area (TPSA) is 98.8 Å². The van der Waals surface area contributed by atoms with Crippen molar-refractivity contribution in [1.82, 2.24) is 20.0 Å². The Labute approximate surface area is 210 Å². The molecule has 1 aromatic carbocycles. The van der Waals surface area contributed by atoms with Crippen LogP contribution < -0.4 is 14.8 Å². The van der Waals surface area contributed by atoms with Gasteiger partial charge in [-0.3, -0.25) is 14.3 Å². The van der Waals surface area contributed by atoms with E-state index in [1.807, 2.05) is 36.2 Å². The summed E-state index contributed by atoms with van der Waals surface area (Å²) in [5, 5.41) is 7.68. The third-order valence-electron chi connectivity index (χ3n) is 7.01. The highest BCUT2D eigenvalue weighted by Crippen LogP contribution is 2.38. The Balaban J connectivity index is 1.25. The zero-order valence-corrected chi connectivity index (χ0v) is 21.1. The average molecular weight is 493 g/mol. The van der Waals surface area contributed by atoms with E-state index in [1.165, 1.54) is 0 Å². The number of hydrogen-bond acceptors (Lipinski definition) is 6. The predicted octanol–water partition coefficient (Wildman–Crippen LogP) is 3.16. The van der Waals surface area contributed by atoms with Crippen LogP contribution in [0.1, 0.15) is 45.8 Å². The lowest BCUT2D eigenvalue weighted by atomic mass is 9.93. The molecule has 0 bridgehead atoms. The molecule has 190 valence electrons. The van der Waals surface area contributed by atoms with Crippen LogP contribution in [0.15, 0.2) is 28.8 Å². The number of rotatable bonds is 8. The quantitative estimate of drug-likeness (QED) is 0.519. The predicted molar refractivity (Wildman–Crippen MR) is 133 cm³/mol. The number of aromatic nitrogens is 2. The van der Waals surface area contributed by atoms with E-state index >= 15 is 0 Å². The van der Waals surface area contributed by atoms with Crippen molar-refractivity contribution >= 4 is 11.8 Å². The van der Waals surface area contributed by atoms with Crippen LogP contribution in [0.5, 0.6) is 11.5 Å². The molecule has 9 heteroatoms. The largest absolute Gasteiger partial charge is 0.497 e. The Morgan fingerprint density at radius 2 is 1.94 bits per heavy atom. The van der Waals surface area contributed by atoms with Crippen molar-refractivity contribution < 1.29 is 23.5 Å². The second kappa shape index (κ2) is 10.1. The fraction of sp³-hybridized carbons (Fsp3) is 0.444. The van der Waals surface area contributed by atoms with Crippen molar-refractivity contribution in [2.45, 2.75) is 45.6 Å². The Hall–Kier alpha value is -3.75. The SMILES string of the molecule is COc1ccc(OC)c(CCNC(=O)Cn2cc3c(n2)-c2c(oc(C(=O)N4CCCC4)c2C)CC3)c1. The van der Waals surface area contributed by atoms with E-state index in [1.54, 1.807) is 18.9 Å². The lowest BCUT2D eigenvalue weighted by molar-refractivity contribution is -0.121. The summed E-state index contributed by atoms with van der Waals surface area (Å²) in [5.74, 6) is 2.59. The molecule has 2 aliphatic rings. The highest BCUT2D eigenvalue weighted by Gasteiger charge is 2.32. The first kappa shape index (κ1) is 24.0. The summed E-state index contributed by atoms with van der Waals surface area (Å²) >= 11 is 0. The Bertz CT molecular complexity index is 1290. The second-order valence-electron chi connectivity index (χ2n) is 9.33. The van der Waals surface area contributed by atoms with Crippen LogP contribution in [-0.2, 0) is 30.6 Å². The summed E-state index contributed by atoms with van der Waals surface area (Å²) in [7, 11) is 3.25. The van der Waals surface area contributed by atoms with Gasteiger partial charge in [0.15, 0.2) is 5.76 Å². The first-order chi connectivity index (χ1) is 17.5.